The molecule has 3 heteroatoms. The summed E-state index contributed by atoms with van der Waals surface area (Å²) in [5.74, 6) is 0. The average Bonchev–Trinajstić information content (AvgIpc) is 1.37. The van der Waals surface area contributed by atoms with Crippen molar-refractivity contribution in [1.82, 2.24) is 0 Å². The molecule has 1 N–H and O–H groups in total. The molecule has 0 saturated heterocycles. The van der Waals surface area contributed by atoms with Crippen molar-refractivity contribution in [2.75, 3.05) is 4.55 Å². The van der Waals surface area contributed by atoms with Gasteiger partial charge in [-0.25, -0.2) is 5.53 Å². The summed E-state index contributed by atoms with van der Waals surface area (Å²) >= 11 is 2.00. The molecule has 0 aromatic rings. The highest BCUT2D eigenvalue weighted by atomic mass is 127. The molecule has 0 aliphatic carbocycles. The van der Waals surface area contributed by atoms with Crippen molar-refractivity contribution in [2.24, 2.45) is 5.11 Å². The minimum atomic E-state index is 0.581. The molecule has 0 atom stereocenters. The second kappa shape index (κ2) is 3.33. The SMILES string of the molecule is N=NCI. The van der Waals surface area contributed by atoms with E-state index in [0.29, 0.717) is 4.55 Å². The van der Waals surface area contributed by atoms with Gasteiger partial charge in [-0.1, -0.05) is 22.6 Å². The quantitative estimate of drug-likeness (QED) is 0.267. The van der Waals surface area contributed by atoms with Crippen molar-refractivity contribution in [3.63, 3.8) is 0 Å². The van der Waals surface area contributed by atoms with E-state index in [1.807, 2.05) is 22.6 Å². The predicted octanol–water partition coefficient (Wildman–Crippen LogP) is 1.41. The third-order valence-electron chi connectivity index (χ3n) is 0.0598. The van der Waals surface area contributed by atoms with Gasteiger partial charge in [0.25, 0.3) is 0 Å². The van der Waals surface area contributed by atoms with Crippen molar-refractivity contribution in [3.8, 4) is 0 Å². The van der Waals surface area contributed by atoms with E-state index in [2.05, 4.69) is 5.11 Å². The summed E-state index contributed by atoms with van der Waals surface area (Å²) in [5.41, 5.74) is 6.07. The highest BCUT2D eigenvalue weighted by molar-refractivity contribution is 14.1. The van der Waals surface area contributed by atoms with E-state index in [1.165, 1.54) is 0 Å². The molecule has 0 spiro atoms. The number of alkyl halides is 1. The van der Waals surface area contributed by atoms with Crippen LogP contribution in [0.3, 0.4) is 0 Å². The highest BCUT2D eigenvalue weighted by Crippen LogP contribution is 1.75. The molecule has 24 valence electrons. The fraction of sp³-hybridized carbons (Fsp3) is 1.00. The molecule has 0 heterocycles. The Labute approximate surface area is 38.2 Å². The van der Waals surface area contributed by atoms with E-state index in [0.717, 1.165) is 0 Å². The van der Waals surface area contributed by atoms with Gasteiger partial charge in [0.2, 0.25) is 0 Å². The molecule has 2 nitrogen and oxygen atoms in total. The molecule has 0 amide bonds. The fourth-order valence-corrected chi connectivity index (χ4v) is 0. The van der Waals surface area contributed by atoms with Crippen LogP contribution in [0.2, 0.25) is 0 Å². The van der Waals surface area contributed by atoms with E-state index >= 15 is 0 Å². The second-order valence-electron chi connectivity index (χ2n) is 0.278. The maximum atomic E-state index is 6.07. The van der Waals surface area contributed by atoms with Gasteiger partial charge in [0, 0.05) is 0 Å². The van der Waals surface area contributed by atoms with E-state index in [-0.39, 0.29) is 0 Å². The molecular formula is CH3IN2. The van der Waals surface area contributed by atoms with Gasteiger partial charge in [0.1, 0.15) is 4.55 Å². The van der Waals surface area contributed by atoms with Gasteiger partial charge >= 0.3 is 0 Å². The van der Waals surface area contributed by atoms with Crippen LogP contribution in [0.25, 0.3) is 0 Å². The standard InChI is InChI=1S/CH3IN2/c2-1-4-3/h3H,1H2. The normalized spacial score (nSPS) is 6.25. The molecular weight excluding hydrogens is 167 g/mol. The number of nitrogens with zero attached hydrogens (tertiary/aromatic N) is 1. The van der Waals surface area contributed by atoms with Crippen LogP contribution in [0.15, 0.2) is 5.11 Å². The van der Waals surface area contributed by atoms with E-state index in [1.54, 1.807) is 0 Å². The summed E-state index contributed by atoms with van der Waals surface area (Å²) in [4.78, 5) is 0. The Morgan fingerprint density at radius 3 is 2.25 bits per heavy atom. The predicted molar refractivity (Wildman–Crippen MR) is 24.0 cm³/mol. The van der Waals surface area contributed by atoms with Gasteiger partial charge in [0.05, 0.1) is 0 Å². The first-order chi connectivity index (χ1) is 1.91. The Hall–Kier alpha value is 0.330. The first-order valence-corrected chi connectivity index (χ1v) is 2.33. The van der Waals surface area contributed by atoms with Crippen LogP contribution in [-0.4, -0.2) is 4.55 Å². The van der Waals surface area contributed by atoms with E-state index in [9.17, 15) is 0 Å². The Morgan fingerprint density at radius 2 is 2.25 bits per heavy atom. The zero-order chi connectivity index (χ0) is 3.41. The van der Waals surface area contributed by atoms with Crippen LogP contribution >= 0.6 is 22.6 Å². The molecule has 0 aliphatic rings. The van der Waals surface area contributed by atoms with Gasteiger partial charge in [-0.05, 0) is 0 Å². The third-order valence-corrected chi connectivity index (χ3v) is 0.401. The number of nitrogens with one attached hydrogen (secondary N) is 1. The number of hydrogen-bond acceptors (Lipinski definition) is 2. The van der Waals surface area contributed by atoms with Gasteiger partial charge in [-0.2, -0.15) is 5.11 Å². The molecule has 0 fully saturated rings. The first kappa shape index (κ1) is 4.33. The summed E-state index contributed by atoms with van der Waals surface area (Å²) < 4.78 is 0.581. The molecule has 0 radical (unpaired) electrons. The Kier molecular flexibility index (Phi) is 3.60. The Balaban J connectivity index is 2.30. The minimum absolute atomic E-state index is 0.581. The second-order valence-corrected chi connectivity index (χ2v) is 0.960. The maximum absolute atomic E-state index is 6.07. The average molecular weight is 170 g/mol. The zero-order valence-corrected chi connectivity index (χ0v) is 4.19. The molecule has 0 aromatic heterocycles. The van der Waals surface area contributed by atoms with Crippen LogP contribution in [-0.2, 0) is 0 Å². The fourth-order valence-electron chi connectivity index (χ4n) is 0. The van der Waals surface area contributed by atoms with Crippen LogP contribution < -0.4 is 0 Å². The van der Waals surface area contributed by atoms with Gasteiger partial charge < -0.3 is 0 Å². The summed E-state index contributed by atoms with van der Waals surface area (Å²) in [7, 11) is 0. The number of rotatable bonds is 1. The molecule has 0 bridgehead atoms. The van der Waals surface area contributed by atoms with Crippen LogP contribution in [0.5, 0.6) is 0 Å². The molecule has 0 saturated carbocycles. The lowest BCUT2D eigenvalue weighted by atomic mass is 11.6. The molecule has 4 heavy (non-hydrogen) atoms. The topological polar surface area (TPSA) is 36.2 Å². The summed E-state index contributed by atoms with van der Waals surface area (Å²) in [5, 5.41) is 2.97. The molecule has 0 unspecified atom stereocenters. The lowest BCUT2D eigenvalue weighted by Crippen LogP contribution is -1.42. The summed E-state index contributed by atoms with van der Waals surface area (Å²) in [6.45, 7) is 0. The third kappa shape index (κ3) is 2.33. The van der Waals surface area contributed by atoms with Crippen molar-refractivity contribution in [2.45, 2.75) is 0 Å². The Morgan fingerprint density at radius 1 is 2.00 bits per heavy atom. The lowest BCUT2D eigenvalue weighted by Gasteiger charge is -1.56. The van der Waals surface area contributed by atoms with E-state index in [4.69, 9.17) is 5.53 Å². The Bertz CT molecular complexity index is 20.0. The van der Waals surface area contributed by atoms with Crippen molar-refractivity contribution >= 4 is 22.6 Å². The summed E-state index contributed by atoms with van der Waals surface area (Å²) in [6, 6.07) is 0. The first-order valence-electron chi connectivity index (χ1n) is 0.807. The van der Waals surface area contributed by atoms with Crippen LogP contribution in [0, 0.1) is 5.53 Å². The zero-order valence-electron chi connectivity index (χ0n) is 2.03. The maximum Gasteiger partial charge on any atom is 0.111 e. The number of halogens is 1. The summed E-state index contributed by atoms with van der Waals surface area (Å²) in [6.07, 6.45) is 0. The van der Waals surface area contributed by atoms with Gasteiger partial charge in [-0.3, -0.25) is 0 Å². The van der Waals surface area contributed by atoms with Crippen molar-refractivity contribution in [3.05, 3.63) is 0 Å². The van der Waals surface area contributed by atoms with Gasteiger partial charge in [0.15, 0.2) is 0 Å². The van der Waals surface area contributed by atoms with E-state index < -0.39 is 0 Å². The smallest absolute Gasteiger partial charge is 0.111 e. The molecule has 0 aromatic carbocycles. The molecule has 0 rings (SSSR count). The van der Waals surface area contributed by atoms with Crippen LogP contribution in [0.1, 0.15) is 0 Å². The largest absolute Gasteiger partial charge is 0.209 e. The molecule has 0 aliphatic heterocycles. The number of hydrogen-bond donors (Lipinski definition) is 1. The minimum Gasteiger partial charge on any atom is -0.209 e. The monoisotopic (exact) mass is 170 g/mol. The lowest BCUT2D eigenvalue weighted by molar-refractivity contribution is 1.07. The van der Waals surface area contributed by atoms with Gasteiger partial charge in [-0.15, -0.1) is 0 Å². The highest BCUT2D eigenvalue weighted by Gasteiger charge is 1.49. The van der Waals surface area contributed by atoms with Crippen molar-refractivity contribution < 1.29 is 0 Å². The van der Waals surface area contributed by atoms with Crippen molar-refractivity contribution in [1.29, 1.82) is 5.53 Å². The van der Waals surface area contributed by atoms with Crippen LogP contribution in [0.4, 0.5) is 0 Å².